The van der Waals surface area contributed by atoms with Gasteiger partial charge in [-0.1, -0.05) is 13.3 Å². The predicted molar refractivity (Wildman–Crippen MR) is 55.0 cm³/mol. The van der Waals surface area contributed by atoms with Crippen molar-refractivity contribution in [2.75, 3.05) is 0 Å². The van der Waals surface area contributed by atoms with E-state index in [1.807, 2.05) is 6.92 Å². The second-order valence-electron chi connectivity index (χ2n) is 4.70. The highest BCUT2D eigenvalue weighted by Gasteiger charge is 2.36. The lowest BCUT2D eigenvalue weighted by atomic mass is 9.75. The molecule has 1 aliphatic carbocycles. The molecule has 0 radical (unpaired) electrons. The minimum Gasteiger partial charge on any atom is -0.472 e. The van der Waals surface area contributed by atoms with E-state index in [1.165, 1.54) is 6.42 Å². The van der Waals surface area contributed by atoms with E-state index in [0.717, 1.165) is 30.4 Å². The van der Waals surface area contributed by atoms with Crippen molar-refractivity contribution in [3.05, 3.63) is 23.7 Å². The zero-order valence-corrected chi connectivity index (χ0v) is 8.92. The number of aryl methyl sites for hydroxylation is 1. The molecule has 2 heteroatoms. The Morgan fingerprint density at radius 1 is 1.50 bits per heavy atom. The first kappa shape index (κ1) is 9.78. The largest absolute Gasteiger partial charge is 0.472 e. The summed E-state index contributed by atoms with van der Waals surface area (Å²) in [5, 5.41) is 10.5. The molecule has 1 aromatic rings. The Kier molecular flexibility index (Phi) is 2.40. The van der Waals surface area contributed by atoms with Gasteiger partial charge in [0, 0.05) is 5.56 Å². The van der Waals surface area contributed by atoms with Gasteiger partial charge in [0.25, 0.3) is 0 Å². The summed E-state index contributed by atoms with van der Waals surface area (Å²) in [4.78, 5) is 0. The van der Waals surface area contributed by atoms with Crippen LogP contribution in [0.2, 0.25) is 0 Å². The van der Waals surface area contributed by atoms with E-state index in [9.17, 15) is 5.11 Å². The third-order valence-electron chi connectivity index (χ3n) is 3.33. The van der Waals surface area contributed by atoms with E-state index < -0.39 is 5.60 Å². The molecule has 2 unspecified atom stereocenters. The van der Waals surface area contributed by atoms with Crippen molar-refractivity contribution in [3.8, 4) is 0 Å². The monoisotopic (exact) mass is 194 g/mol. The molecular weight excluding hydrogens is 176 g/mol. The lowest BCUT2D eigenvalue weighted by Gasteiger charge is -2.35. The fourth-order valence-electron chi connectivity index (χ4n) is 2.61. The smallest absolute Gasteiger partial charge is 0.0966 e. The van der Waals surface area contributed by atoms with Crippen molar-refractivity contribution in [3.63, 3.8) is 0 Å². The van der Waals surface area contributed by atoms with E-state index in [4.69, 9.17) is 4.42 Å². The molecule has 0 saturated heterocycles. The van der Waals surface area contributed by atoms with Gasteiger partial charge in [0.15, 0.2) is 0 Å². The molecular formula is C12H18O2. The Balaban J connectivity index is 2.27. The van der Waals surface area contributed by atoms with Crippen LogP contribution in [0.4, 0.5) is 0 Å². The standard InChI is InChI=1S/C12H18O2/c1-9-4-3-5-12(13,6-9)11-8-14-7-10(11)2/h7-9,13H,3-6H2,1-2H3. The maximum atomic E-state index is 10.5. The van der Waals surface area contributed by atoms with Crippen molar-refractivity contribution in [1.82, 2.24) is 0 Å². The predicted octanol–water partition coefficient (Wildman–Crippen LogP) is 2.99. The highest BCUT2D eigenvalue weighted by Crippen LogP contribution is 2.41. The molecule has 0 amide bonds. The maximum Gasteiger partial charge on any atom is 0.0966 e. The second-order valence-corrected chi connectivity index (χ2v) is 4.70. The lowest BCUT2D eigenvalue weighted by molar-refractivity contribution is -0.0187. The average molecular weight is 194 g/mol. The van der Waals surface area contributed by atoms with Crippen molar-refractivity contribution in [2.45, 2.75) is 45.1 Å². The molecule has 1 fully saturated rings. The van der Waals surface area contributed by atoms with E-state index in [1.54, 1.807) is 12.5 Å². The van der Waals surface area contributed by atoms with Gasteiger partial charge < -0.3 is 9.52 Å². The number of hydrogen-bond acceptors (Lipinski definition) is 2. The van der Waals surface area contributed by atoms with Crippen LogP contribution in [0.3, 0.4) is 0 Å². The van der Waals surface area contributed by atoms with Gasteiger partial charge >= 0.3 is 0 Å². The fourth-order valence-corrected chi connectivity index (χ4v) is 2.61. The molecule has 0 aromatic carbocycles. The molecule has 2 nitrogen and oxygen atoms in total. The Hall–Kier alpha value is -0.760. The van der Waals surface area contributed by atoms with Crippen LogP contribution in [0, 0.1) is 12.8 Å². The fraction of sp³-hybridized carbons (Fsp3) is 0.667. The van der Waals surface area contributed by atoms with Crippen LogP contribution in [0.5, 0.6) is 0 Å². The molecule has 1 aliphatic rings. The molecule has 0 spiro atoms. The summed E-state index contributed by atoms with van der Waals surface area (Å²) in [5.74, 6) is 0.614. The van der Waals surface area contributed by atoms with Gasteiger partial charge in [0.05, 0.1) is 18.1 Å². The molecule has 1 saturated carbocycles. The van der Waals surface area contributed by atoms with Crippen molar-refractivity contribution < 1.29 is 9.52 Å². The molecule has 78 valence electrons. The molecule has 1 heterocycles. The second kappa shape index (κ2) is 3.43. The molecule has 1 aromatic heterocycles. The van der Waals surface area contributed by atoms with Gasteiger partial charge in [0.1, 0.15) is 0 Å². The summed E-state index contributed by atoms with van der Waals surface area (Å²) in [6.07, 6.45) is 7.51. The molecule has 14 heavy (non-hydrogen) atoms. The summed E-state index contributed by atoms with van der Waals surface area (Å²) in [6, 6.07) is 0. The first-order valence-corrected chi connectivity index (χ1v) is 5.37. The summed E-state index contributed by atoms with van der Waals surface area (Å²) in [5.41, 5.74) is 1.43. The van der Waals surface area contributed by atoms with E-state index in [2.05, 4.69) is 6.92 Å². The Morgan fingerprint density at radius 2 is 2.29 bits per heavy atom. The van der Waals surface area contributed by atoms with E-state index in [0.29, 0.717) is 5.92 Å². The zero-order valence-electron chi connectivity index (χ0n) is 8.92. The maximum absolute atomic E-state index is 10.5. The van der Waals surface area contributed by atoms with Crippen LogP contribution in [-0.4, -0.2) is 5.11 Å². The van der Waals surface area contributed by atoms with Crippen LogP contribution < -0.4 is 0 Å². The minimum absolute atomic E-state index is 0.614. The number of hydrogen-bond donors (Lipinski definition) is 1. The molecule has 2 atom stereocenters. The quantitative estimate of drug-likeness (QED) is 0.745. The topological polar surface area (TPSA) is 33.4 Å². The summed E-state index contributed by atoms with van der Waals surface area (Å²) >= 11 is 0. The minimum atomic E-state index is -0.630. The van der Waals surface area contributed by atoms with Crippen LogP contribution in [0.1, 0.15) is 43.7 Å². The first-order valence-electron chi connectivity index (χ1n) is 5.37. The van der Waals surface area contributed by atoms with Gasteiger partial charge in [-0.05, 0) is 37.7 Å². The van der Waals surface area contributed by atoms with Crippen LogP contribution in [0.25, 0.3) is 0 Å². The van der Waals surface area contributed by atoms with Gasteiger partial charge in [-0.15, -0.1) is 0 Å². The highest BCUT2D eigenvalue weighted by molar-refractivity contribution is 5.26. The average Bonchev–Trinajstić information content (AvgIpc) is 2.51. The van der Waals surface area contributed by atoms with Gasteiger partial charge in [0.2, 0.25) is 0 Å². The first-order chi connectivity index (χ1) is 6.62. The summed E-state index contributed by atoms with van der Waals surface area (Å²) in [7, 11) is 0. The Bertz CT molecular complexity index is 316. The molecule has 2 rings (SSSR count). The van der Waals surface area contributed by atoms with Crippen molar-refractivity contribution >= 4 is 0 Å². The lowest BCUT2D eigenvalue weighted by Crippen LogP contribution is -2.32. The normalized spacial score (nSPS) is 33.2. The van der Waals surface area contributed by atoms with Crippen LogP contribution in [0.15, 0.2) is 16.9 Å². The van der Waals surface area contributed by atoms with Gasteiger partial charge in [-0.2, -0.15) is 0 Å². The highest BCUT2D eigenvalue weighted by atomic mass is 16.3. The number of rotatable bonds is 1. The van der Waals surface area contributed by atoms with Crippen LogP contribution in [-0.2, 0) is 5.60 Å². The summed E-state index contributed by atoms with van der Waals surface area (Å²) in [6.45, 7) is 4.20. The third-order valence-corrected chi connectivity index (χ3v) is 3.33. The van der Waals surface area contributed by atoms with Crippen LogP contribution >= 0.6 is 0 Å². The van der Waals surface area contributed by atoms with E-state index >= 15 is 0 Å². The van der Waals surface area contributed by atoms with Gasteiger partial charge in [-0.25, -0.2) is 0 Å². The molecule has 0 bridgehead atoms. The van der Waals surface area contributed by atoms with Gasteiger partial charge in [-0.3, -0.25) is 0 Å². The Labute approximate surface area is 84.9 Å². The summed E-state index contributed by atoms with van der Waals surface area (Å²) < 4.78 is 5.14. The molecule has 0 aliphatic heterocycles. The number of aliphatic hydroxyl groups is 1. The number of furan rings is 1. The molecule has 1 N–H and O–H groups in total. The zero-order chi connectivity index (χ0) is 10.2. The Morgan fingerprint density at radius 3 is 2.86 bits per heavy atom. The van der Waals surface area contributed by atoms with Crippen molar-refractivity contribution in [1.29, 1.82) is 0 Å². The SMILES string of the molecule is Cc1cocc1C1(O)CCCC(C)C1. The third kappa shape index (κ3) is 1.59. The van der Waals surface area contributed by atoms with E-state index in [-0.39, 0.29) is 0 Å². The van der Waals surface area contributed by atoms with Crippen molar-refractivity contribution in [2.24, 2.45) is 5.92 Å².